The first-order valence-electron chi connectivity index (χ1n) is 6.39. The van der Waals surface area contributed by atoms with E-state index in [2.05, 4.69) is 10.1 Å². The number of ether oxygens (including phenoxy) is 1. The van der Waals surface area contributed by atoms with Gasteiger partial charge in [-0.2, -0.15) is 0 Å². The summed E-state index contributed by atoms with van der Waals surface area (Å²) in [6, 6.07) is 2.60. The average molecular weight is 310 g/mol. The zero-order valence-corrected chi connectivity index (χ0v) is 12.5. The van der Waals surface area contributed by atoms with Crippen LogP contribution in [0.1, 0.15) is 31.1 Å². The average Bonchev–Trinajstić information content (AvgIpc) is 2.33. The summed E-state index contributed by atoms with van der Waals surface area (Å²) in [5.41, 5.74) is -0.719. The zero-order valence-electron chi connectivity index (χ0n) is 12.5. The standard InChI is InChI=1S/C14H18N2O6/c1-14(2,3)16-13(21)15-11(19)7-22-12(20)9-5-4-8(17)6-10(9)18/h4-6,17-18H,7H2,1-3H3,(H2,15,16,19,21). The molecule has 1 aromatic rings. The van der Waals surface area contributed by atoms with E-state index in [1.54, 1.807) is 20.8 Å². The third-order valence-electron chi connectivity index (χ3n) is 2.28. The van der Waals surface area contributed by atoms with Gasteiger partial charge in [-0.05, 0) is 32.9 Å². The van der Waals surface area contributed by atoms with Crippen molar-refractivity contribution in [2.45, 2.75) is 26.3 Å². The fourth-order valence-corrected chi connectivity index (χ4v) is 1.44. The number of benzene rings is 1. The van der Waals surface area contributed by atoms with Crippen molar-refractivity contribution in [3.05, 3.63) is 23.8 Å². The fraction of sp³-hybridized carbons (Fsp3) is 0.357. The smallest absolute Gasteiger partial charge is 0.342 e. The van der Waals surface area contributed by atoms with Gasteiger partial charge in [-0.15, -0.1) is 0 Å². The van der Waals surface area contributed by atoms with Gasteiger partial charge in [0.05, 0.1) is 0 Å². The number of amides is 3. The fourth-order valence-electron chi connectivity index (χ4n) is 1.44. The largest absolute Gasteiger partial charge is 0.508 e. The number of hydrogen-bond donors (Lipinski definition) is 4. The predicted molar refractivity (Wildman–Crippen MR) is 76.5 cm³/mol. The van der Waals surface area contributed by atoms with Crippen LogP contribution in [0.3, 0.4) is 0 Å². The van der Waals surface area contributed by atoms with E-state index in [0.29, 0.717) is 0 Å². The van der Waals surface area contributed by atoms with E-state index in [4.69, 9.17) is 5.11 Å². The number of phenolic OH excluding ortho intramolecular Hbond substituents is 2. The van der Waals surface area contributed by atoms with Crippen molar-refractivity contribution in [3.8, 4) is 11.5 Å². The molecule has 0 bridgehead atoms. The molecule has 8 nitrogen and oxygen atoms in total. The number of phenols is 2. The van der Waals surface area contributed by atoms with Gasteiger partial charge >= 0.3 is 12.0 Å². The Morgan fingerprint density at radius 1 is 1.18 bits per heavy atom. The number of rotatable bonds is 3. The minimum Gasteiger partial charge on any atom is -0.508 e. The molecule has 0 fully saturated rings. The lowest BCUT2D eigenvalue weighted by atomic mass is 10.1. The third-order valence-corrected chi connectivity index (χ3v) is 2.28. The van der Waals surface area contributed by atoms with Crippen molar-refractivity contribution in [2.24, 2.45) is 0 Å². The van der Waals surface area contributed by atoms with Crippen LogP contribution in [0.5, 0.6) is 11.5 Å². The molecule has 0 saturated heterocycles. The highest BCUT2D eigenvalue weighted by atomic mass is 16.5. The zero-order chi connectivity index (χ0) is 16.9. The lowest BCUT2D eigenvalue weighted by molar-refractivity contribution is -0.123. The normalized spacial score (nSPS) is 10.7. The molecular formula is C14H18N2O6. The second kappa shape index (κ2) is 6.79. The Hall–Kier alpha value is -2.77. The maximum atomic E-state index is 11.7. The summed E-state index contributed by atoms with van der Waals surface area (Å²) < 4.78 is 4.67. The highest BCUT2D eigenvalue weighted by molar-refractivity contribution is 5.98. The number of urea groups is 1. The Kier molecular flexibility index (Phi) is 5.33. The van der Waals surface area contributed by atoms with Crippen LogP contribution in [0.4, 0.5) is 4.79 Å². The number of imide groups is 1. The SMILES string of the molecule is CC(C)(C)NC(=O)NC(=O)COC(=O)c1ccc(O)cc1O. The number of carbonyl (C=O) groups is 3. The van der Waals surface area contributed by atoms with Crippen molar-refractivity contribution in [1.82, 2.24) is 10.6 Å². The van der Waals surface area contributed by atoms with Gasteiger partial charge in [0.15, 0.2) is 6.61 Å². The summed E-state index contributed by atoms with van der Waals surface area (Å²) in [5, 5.41) is 23.1. The summed E-state index contributed by atoms with van der Waals surface area (Å²) in [6.07, 6.45) is 0. The number of hydrogen-bond acceptors (Lipinski definition) is 6. The van der Waals surface area contributed by atoms with Gasteiger partial charge in [0.25, 0.3) is 5.91 Å². The molecule has 1 aromatic carbocycles. The second-order valence-electron chi connectivity index (χ2n) is 5.53. The van der Waals surface area contributed by atoms with Crippen LogP contribution in [0.15, 0.2) is 18.2 Å². The van der Waals surface area contributed by atoms with Crippen LogP contribution in [0.25, 0.3) is 0 Å². The third kappa shape index (κ3) is 5.70. The molecule has 1 rings (SSSR count). The predicted octanol–water partition coefficient (Wildman–Crippen LogP) is 0.879. The first-order valence-corrected chi connectivity index (χ1v) is 6.39. The molecule has 0 aliphatic rings. The second-order valence-corrected chi connectivity index (χ2v) is 5.53. The maximum absolute atomic E-state index is 11.7. The molecule has 0 heterocycles. The van der Waals surface area contributed by atoms with E-state index in [1.165, 1.54) is 6.07 Å². The minimum absolute atomic E-state index is 0.204. The Balaban J connectivity index is 2.50. The van der Waals surface area contributed by atoms with Gasteiger partial charge in [0.1, 0.15) is 17.1 Å². The van der Waals surface area contributed by atoms with Crippen molar-refractivity contribution in [2.75, 3.05) is 6.61 Å². The van der Waals surface area contributed by atoms with E-state index in [0.717, 1.165) is 12.1 Å². The number of esters is 1. The molecule has 22 heavy (non-hydrogen) atoms. The Labute approximate surface area is 127 Å². The van der Waals surface area contributed by atoms with Crippen molar-refractivity contribution < 1.29 is 29.3 Å². The summed E-state index contributed by atoms with van der Waals surface area (Å²) in [4.78, 5) is 34.5. The summed E-state index contributed by atoms with van der Waals surface area (Å²) >= 11 is 0. The molecule has 0 aromatic heterocycles. The quantitative estimate of drug-likeness (QED) is 0.614. The van der Waals surface area contributed by atoms with Crippen LogP contribution >= 0.6 is 0 Å². The summed E-state index contributed by atoms with van der Waals surface area (Å²) in [7, 11) is 0. The molecule has 0 spiro atoms. The lowest BCUT2D eigenvalue weighted by Gasteiger charge is -2.20. The van der Waals surface area contributed by atoms with E-state index in [-0.39, 0.29) is 11.3 Å². The van der Waals surface area contributed by atoms with Gasteiger partial charge in [-0.25, -0.2) is 9.59 Å². The topological polar surface area (TPSA) is 125 Å². The minimum atomic E-state index is -0.955. The molecule has 120 valence electrons. The Morgan fingerprint density at radius 2 is 1.82 bits per heavy atom. The molecule has 0 aliphatic heterocycles. The highest BCUT2D eigenvalue weighted by Crippen LogP contribution is 2.22. The highest BCUT2D eigenvalue weighted by Gasteiger charge is 2.18. The van der Waals surface area contributed by atoms with Crippen LogP contribution in [-0.4, -0.2) is 40.3 Å². The van der Waals surface area contributed by atoms with Crippen LogP contribution in [-0.2, 0) is 9.53 Å². The van der Waals surface area contributed by atoms with Gasteiger partial charge in [-0.1, -0.05) is 0 Å². The maximum Gasteiger partial charge on any atom is 0.342 e. The first kappa shape index (κ1) is 17.3. The van der Waals surface area contributed by atoms with Crippen molar-refractivity contribution in [3.63, 3.8) is 0 Å². The molecule has 0 saturated carbocycles. The summed E-state index contributed by atoms with van der Waals surface area (Å²) in [5.74, 6) is -2.46. The van der Waals surface area contributed by atoms with Gasteiger partial charge in [0, 0.05) is 11.6 Å². The molecule has 3 amide bonds. The van der Waals surface area contributed by atoms with Gasteiger partial charge < -0.3 is 20.3 Å². The molecule has 4 N–H and O–H groups in total. The lowest BCUT2D eigenvalue weighted by Crippen LogP contribution is -2.49. The number of aromatic hydroxyl groups is 2. The Morgan fingerprint density at radius 3 is 2.36 bits per heavy atom. The molecule has 0 unspecified atom stereocenters. The molecular weight excluding hydrogens is 292 g/mol. The van der Waals surface area contributed by atoms with Crippen LogP contribution in [0.2, 0.25) is 0 Å². The monoisotopic (exact) mass is 310 g/mol. The van der Waals surface area contributed by atoms with Gasteiger partial charge in [-0.3, -0.25) is 10.1 Å². The molecule has 0 aliphatic carbocycles. The van der Waals surface area contributed by atoms with E-state index < -0.39 is 35.8 Å². The number of carbonyl (C=O) groups excluding carboxylic acids is 3. The Bertz CT molecular complexity index is 591. The van der Waals surface area contributed by atoms with Crippen LogP contribution in [0, 0.1) is 0 Å². The van der Waals surface area contributed by atoms with Gasteiger partial charge in [0.2, 0.25) is 0 Å². The number of nitrogens with one attached hydrogen (secondary N) is 2. The molecule has 0 atom stereocenters. The van der Waals surface area contributed by atoms with Crippen LogP contribution < -0.4 is 10.6 Å². The van der Waals surface area contributed by atoms with E-state index in [1.807, 2.05) is 5.32 Å². The first-order chi connectivity index (χ1) is 10.1. The van der Waals surface area contributed by atoms with Crippen molar-refractivity contribution in [1.29, 1.82) is 0 Å². The molecule has 0 radical (unpaired) electrons. The van der Waals surface area contributed by atoms with Crippen molar-refractivity contribution >= 4 is 17.9 Å². The van der Waals surface area contributed by atoms with E-state index in [9.17, 15) is 19.5 Å². The summed E-state index contributed by atoms with van der Waals surface area (Å²) in [6.45, 7) is 4.54. The van der Waals surface area contributed by atoms with E-state index >= 15 is 0 Å². The molecule has 8 heteroatoms.